The number of rotatable bonds is 20. The van der Waals surface area contributed by atoms with E-state index >= 15 is 0 Å². The van der Waals surface area contributed by atoms with E-state index in [1.54, 1.807) is 45.9 Å². The molecule has 0 fully saturated rings. The summed E-state index contributed by atoms with van der Waals surface area (Å²) in [6.07, 6.45) is 0.569. The zero-order chi connectivity index (χ0) is 63.7. The van der Waals surface area contributed by atoms with Crippen molar-refractivity contribution in [3.63, 3.8) is 0 Å². The molecule has 0 amide bonds. The van der Waals surface area contributed by atoms with Gasteiger partial charge in [0, 0.05) is 40.2 Å². The second-order valence-corrected chi connectivity index (χ2v) is 21.5. The Hall–Kier alpha value is -11.0. The summed E-state index contributed by atoms with van der Waals surface area (Å²) in [4.78, 5) is 28.1. The summed E-state index contributed by atoms with van der Waals surface area (Å²) < 4.78 is 10.1. The maximum atomic E-state index is 12.6. The van der Waals surface area contributed by atoms with Crippen LogP contribution in [-0.2, 0) is 14.3 Å². The molecule has 0 aromatic heterocycles. The standard InChI is InChI=1S/C40H37NO6.C38H31N3O2/c1-4-39(44)46-25-26-47-40(45)35-17-23-38(24-18-35)41(36-19-13-33(14-20-36)31-9-5-29(6-10-31)27(2)42)37-21-15-34(16-22-37)32-11-7-30(8-12-32)28(3)43;1-26(42)30-5-9-32(10-6-30)34-13-19-37(20-14-34)41(36-17-3-28(4-18-36)23-29(24-39)25-40)38-21-15-35(16-22-38)33-11-7-31(8-12-33)27(2)43/h4-24,27-28,42-43H,1,25-26H2,2-3H3;3-23,26-27,42-43H,1-2H3. The minimum absolute atomic E-state index is 0.0517. The van der Waals surface area contributed by atoms with Gasteiger partial charge in [0.25, 0.3) is 0 Å². The molecule has 0 saturated carbocycles. The molecular weight excluding hydrogens is 1120 g/mol. The lowest BCUT2D eigenvalue weighted by atomic mass is 10.0. The highest BCUT2D eigenvalue weighted by Gasteiger charge is 2.18. The summed E-state index contributed by atoms with van der Waals surface area (Å²) in [5.41, 5.74) is 18.7. The van der Waals surface area contributed by atoms with Crippen molar-refractivity contribution in [1.29, 1.82) is 10.5 Å². The van der Waals surface area contributed by atoms with E-state index in [1.807, 2.05) is 170 Å². The van der Waals surface area contributed by atoms with Gasteiger partial charge in [-0.25, -0.2) is 9.59 Å². The second-order valence-electron chi connectivity index (χ2n) is 21.5. The third-order valence-electron chi connectivity index (χ3n) is 15.2. The number of ether oxygens (including phenoxy) is 2. The van der Waals surface area contributed by atoms with Gasteiger partial charge in [-0.15, -0.1) is 0 Å². The van der Waals surface area contributed by atoms with Crippen LogP contribution in [0.3, 0.4) is 0 Å². The van der Waals surface area contributed by atoms with Crippen LogP contribution in [0.1, 0.15) is 90.3 Å². The number of nitrogens with zero attached hydrogens (tertiary/aromatic N) is 4. The lowest BCUT2D eigenvalue weighted by molar-refractivity contribution is -0.138. The van der Waals surface area contributed by atoms with Crippen LogP contribution < -0.4 is 9.80 Å². The number of benzene rings is 10. The van der Waals surface area contributed by atoms with E-state index in [0.29, 0.717) is 5.56 Å². The third kappa shape index (κ3) is 16.2. The van der Waals surface area contributed by atoms with Gasteiger partial charge < -0.3 is 39.7 Å². The summed E-state index contributed by atoms with van der Waals surface area (Å²) in [5, 5.41) is 57.7. The van der Waals surface area contributed by atoms with Crippen LogP contribution in [0.5, 0.6) is 0 Å². The Bertz CT molecular complexity index is 3930. The fourth-order valence-corrected chi connectivity index (χ4v) is 10.1. The first kappa shape index (κ1) is 63.5. The number of hydrogen-bond acceptors (Lipinski definition) is 12. The minimum Gasteiger partial charge on any atom is -0.459 e. The highest BCUT2D eigenvalue weighted by atomic mass is 16.6. The number of nitriles is 2. The number of aliphatic hydroxyl groups excluding tert-OH is 4. The Morgan fingerprint density at radius 1 is 0.389 bits per heavy atom. The fraction of sp³-hybridized carbons (Fsp3) is 0.128. The third-order valence-corrected chi connectivity index (χ3v) is 15.2. The molecule has 0 aliphatic carbocycles. The fourth-order valence-electron chi connectivity index (χ4n) is 10.1. The number of anilines is 6. The Morgan fingerprint density at radius 3 is 0.867 bits per heavy atom. The summed E-state index contributed by atoms with van der Waals surface area (Å²) in [5.74, 6) is -1.09. The molecule has 0 aliphatic rings. The molecule has 448 valence electrons. The van der Waals surface area contributed by atoms with Gasteiger partial charge >= 0.3 is 11.9 Å². The van der Waals surface area contributed by atoms with Crippen LogP contribution in [-0.4, -0.2) is 45.6 Å². The summed E-state index contributed by atoms with van der Waals surface area (Å²) in [7, 11) is 0. The topological polar surface area (TPSA) is 188 Å². The van der Waals surface area contributed by atoms with E-state index in [-0.39, 0.29) is 18.8 Å². The van der Waals surface area contributed by atoms with Crippen molar-refractivity contribution in [1.82, 2.24) is 0 Å². The monoisotopic (exact) mass is 1190 g/mol. The molecule has 0 heterocycles. The number of hydrogen-bond donors (Lipinski definition) is 4. The van der Waals surface area contributed by atoms with Gasteiger partial charge in [-0.1, -0.05) is 164 Å². The number of esters is 2. The number of aliphatic hydroxyl groups is 4. The van der Waals surface area contributed by atoms with Crippen molar-refractivity contribution in [3.8, 4) is 56.6 Å². The van der Waals surface area contributed by atoms with Crippen molar-refractivity contribution in [2.75, 3.05) is 23.0 Å². The van der Waals surface area contributed by atoms with Crippen molar-refractivity contribution in [2.45, 2.75) is 52.1 Å². The van der Waals surface area contributed by atoms with Gasteiger partial charge in [0.2, 0.25) is 0 Å². The van der Waals surface area contributed by atoms with Crippen LogP contribution in [0.2, 0.25) is 0 Å². The van der Waals surface area contributed by atoms with Gasteiger partial charge in [-0.3, -0.25) is 0 Å². The van der Waals surface area contributed by atoms with E-state index in [0.717, 1.165) is 113 Å². The quantitative estimate of drug-likeness (QED) is 0.0245. The zero-order valence-corrected chi connectivity index (χ0v) is 50.4. The Balaban J connectivity index is 0.000000214. The second kappa shape index (κ2) is 30.1. The first-order valence-electron chi connectivity index (χ1n) is 29.4. The number of carbonyl (C=O) groups excluding carboxylic acids is 2. The van der Waals surface area contributed by atoms with Gasteiger partial charge in [0.15, 0.2) is 0 Å². The van der Waals surface area contributed by atoms with Crippen LogP contribution in [0, 0.1) is 22.7 Å². The van der Waals surface area contributed by atoms with Crippen LogP contribution in [0.4, 0.5) is 34.1 Å². The summed E-state index contributed by atoms with van der Waals surface area (Å²) in [6, 6.07) is 83.4. The highest BCUT2D eigenvalue weighted by Crippen LogP contribution is 2.40. The lowest BCUT2D eigenvalue weighted by Crippen LogP contribution is -2.13. The van der Waals surface area contributed by atoms with Crippen LogP contribution >= 0.6 is 0 Å². The molecule has 12 heteroatoms. The SMILES string of the molecule is C=CC(=O)OCCOC(=O)c1ccc(N(c2ccc(-c3ccc(C(C)O)cc3)cc2)c2ccc(-c3ccc(C(C)O)cc3)cc2)cc1.CC(O)c1ccc(-c2ccc(N(c3ccc(C=C(C#N)C#N)cc3)c3ccc(-c4ccc(C(C)O)cc4)cc3)cc2)cc1. The number of allylic oxidation sites excluding steroid dienone is 1. The first-order chi connectivity index (χ1) is 43.6. The van der Waals surface area contributed by atoms with Crippen molar-refractivity contribution in [3.05, 3.63) is 294 Å². The molecule has 0 bridgehead atoms. The van der Waals surface area contributed by atoms with Gasteiger partial charge in [0.1, 0.15) is 30.9 Å². The molecule has 0 radical (unpaired) electrons. The van der Waals surface area contributed by atoms with E-state index in [4.69, 9.17) is 20.0 Å². The molecular formula is C78H68N4O8. The molecule has 4 unspecified atom stereocenters. The normalized spacial score (nSPS) is 12.0. The maximum Gasteiger partial charge on any atom is 0.338 e. The molecule has 4 atom stereocenters. The Morgan fingerprint density at radius 2 is 0.622 bits per heavy atom. The molecule has 4 N–H and O–H groups in total. The molecule has 0 spiro atoms. The highest BCUT2D eigenvalue weighted by molar-refractivity contribution is 5.91. The van der Waals surface area contributed by atoms with Crippen LogP contribution in [0.25, 0.3) is 50.6 Å². The minimum atomic E-state index is -0.574. The first-order valence-corrected chi connectivity index (χ1v) is 29.4. The van der Waals surface area contributed by atoms with Crippen molar-refractivity contribution >= 4 is 52.1 Å². The maximum absolute atomic E-state index is 12.6. The average Bonchev–Trinajstić information content (AvgIpc) is 1.11. The Labute approximate surface area is 525 Å². The summed E-state index contributed by atoms with van der Waals surface area (Å²) >= 11 is 0. The molecule has 0 saturated heterocycles. The van der Waals surface area contributed by atoms with E-state index < -0.39 is 36.4 Å². The van der Waals surface area contributed by atoms with Gasteiger partial charge in [-0.05, 0) is 191 Å². The summed E-state index contributed by atoms with van der Waals surface area (Å²) in [6.45, 7) is 10.2. The van der Waals surface area contributed by atoms with E-state index in [9.17, 15) is 30.0 Å². The van der Waals surface area contributed by atoms with E-state index in [1.165, 1.54) is 0 Å². The largest absolute Gasteiger partial charge is 0.459 e. The van der Waals surface area contributed by atoms with Crippen molar-refractivity contribution in [2.24, 2.45) is 0 Å². The number of carbonyl (C=O) groups is 2. The van der Waals surface area contributed by atoms with E-state index in [2.05, 4.69) is 89.2 Å². The molecule has 10 rings (SSSR count). The molecule has 10 aromatic rings. The zero-order valence-electron chi connectivity index (χ0n) is 50.4. The predicted octanol–water partition coefficient (Wildman–Crippen LogP) is 17.5. The average molecular weight is 1190 g/mol. The molecule has 10 aromatic carbocycles. The molecule has 90 heavy (non-hydrogen) atoms. The smallest absolute Gasteiger partial charge is 0.338 e. The Kier molecular flexibility index (Phi) is 21.3. The van der Waals surface area contributed by atoms with Crippen LogP contribution in [0.15, 0.2) is 261 Å². The van der Waals surface area contributed by atoms with Gasteiger partial charge in [0.05, 0.1) is 30.0 Å². The molecule has 0 aliphatic heterocycles. The predicted molar refractivity (Wildman–Crippen MR) is 357 cm³/mol. The molecule has 12 nitrogen and oxygen atoms in total. The lowest BCUT2D eigenvalue weighted by Gasteiger charge is -2.26. The van der Waals surface area contributed by atoms with Gasteiger partial charge in [-0.2, -0.15) is 10.5 Å². The van der Waals surface area contributed by atoms with Crippen molar-refractivity contribution < 1.29 is 39.5 Å².